The molecule has 0 fully saturated rings. The van der Waals surface area contributed by atoms with Crippen LogP contribution in [0.1, 0.15) is 18.9 Å². The highest BCUT2D eigenvalue weighted by Crippen LogP contribution is 2.20. The minimum Gasteiger partial charge on any atom is -0.326 e. The van der Waals surface area contributed by atoms with Gasteiger partial charge in [0, 0.05) is 29.0 Å². The van der Waals surface area contributed by atoms with Crippen LogP contribution in [0, 0.1) is 6.92 Å². The predicted molar refractivity (Wildman–Crippen MR) is 98.8 cm³/mol. The third kappa shape index (κ3) is 5.93. The second-order valence-electron chi connectivity index (χ2n) is 5.49. The molecule has 0 unspecified atom stereocenters. The number of amides is 3. The van der Waals surface area contributed by atoms with Crippen LogP contribution >= 0.6 is 11.6 Å². The molecule has 130 valence electrons. The molecule has 3 amide bonds. The summed E-state index contributed by atoms with van der Waals surface area (Å²) in [6, 6.07) is 11.8. The van der Waals surface area contributed by atoms with Crippen molar-refractivity contribution in [3.05, 3.63) is 53.1 Å². The Hall–Kier alpha value is -2.86. The number of hydrogen-bond donors (Lipinski definition) is 3. The zero-order valence-corrected chi connectivity index (χ0v) is 14.6. The van der Waals surface area contributed by atoms with Gasteiger partial charge < -0.3 is 16.0 Å². The number of rotatable bonds is 5. The Morgan fingerprint density at radius 1 is 0.920 bits per heavy atom. The van der Waals surface area contributed by atoms with Crippen LogP contribution in [0.4, 0.5) is 17.1 Å². The minimum atomic E-state index is -0.455. The quantitative estimate of drug-likeness (QED) is 0.713. The van der Waals surface area contributed by atoms with Crippen molar-refractivity contribution in [3.8, 4) is 0 Å². The van der Waals surface area contributed by atoms with E-state index in [4.69, 9.17) is 11.6 Å². The zero-order chi connectivity index (χ0) is 18.4. The Morgan fingerprint density at radius 2 is 1.56 bits per heavy atom. The van der Waals surface area contributed by atoms with E-state index in [1.807, 2.05) is 6.92 Å². The maximum absolute atomic E-state index is 12.0. The Balaban J connectivity index is 1.93. The van der Waals surface area contributed by atoms with Gasteiger partial charge in [-0.2, -0.15) is 0 Å². The van der Waals surface area contributed by atoms with Gasteiger partial charge in [-0.1, -0.05) is 17.7 Å². The topological polar surface area (TPSA) is 87.3 Å². The number of halogens is 1. The standard InChI is InChI=1S/C18H18ClN3O3/c1-11-8-13(19)6-7-16(11)22-18(25)10-17(24)21-15-5-3-4-14(9-15)20-12(2)23/h3-9H,10H2,1-2H3,(H,20,23)(H,21,24)(H,22,25). The van der Waals surface area contributed by atoms with Crippen molar-refractivity contribution in [3.63, 3.8) is 0 Å². The van der Waals surface area contributed by atoms with Crippen molar-refractivity contribution in [1.29, 1.82) is 0 Å². The SMILES string of the molecule is CC(=O)Nc1cccc(NC(=O)CC(=O)Nc2ccc(Cl)cc2C)c1. The molecule has 25 heavy (non-hydrogen) atoms. The van der Waals surface area contributed by atoms with Crippen LogP contribution in [0.2, 0.25) is 5.02 Å². The first-order valence-corrected chi connectivity index (χ1v) is 7.95. The van der Waals surface area contributed by atoms with E-state index in [0.717, 1.165) is 5.56 Å². The summed E-state index contributed by atoms with van der Waals surface area (Å²) >= 11 is 5.87. The van der Waals surface area contributed by atoms with Crippen molar-refractivity contribution < 1.29 is 14.4 Å². The van der Waals surface area contributed by atoms with Crippen LogP contribution in [0.3, 0.4) is 0 Å². The molecular weight excluding hydrogens is 342 g/mol. The Labute approximate surface area is 150 Å². The molecule has 3 N–H and O–H groups in total. The molecule has 2 rings (SSSR count). The molecule has 6 nitrogen and oxygen atoms in total. The Kier molecular flexibility index (Phi) is 6.14. The highest BCUT2D eigenvalue weighted by molar-refractivity contribution is 6.30. The average molecular weight is 360 g/mol. The number of carbonyl (C=O) groups excluding carboxylic acids is 3. The number of benzene rings is 2. The molecule has 0 spiro atoms. The molecule has 2 aromatic carbocycles. The second kappa shape index (κ2) is 8.30. The number of hydrogen-bond acceptors (Lipinski definition) is 3. The first-order valence-electron chi connectivity index (χ1n) is 7.57. The summed E-state index contributed by atoms with van der Waals surface area (Å²) < 4.78 is 0. The van der Waals surface area contributed by atoms with Gasteiger partial charge >= 0.3 is 0 Å². The van der Waals surface area contributed by atoms with Gasteiger partial charge in [0.05, 0.1) is 0 Å². The molecule has 2 aromatic rings. The van der Waals surface area contributed by atoms with E-state index in [9.17, 15) is 14.4 Å². The maximum Gasteiger partial charge on any atom is 0.233 e. The summed E-state index contributed by atoms with van der Waals surface area (Å²) in [5.41, 5.74) is 2.47. The lowest BCUT2D eigenvalue weighted by molar-refractivity contribution is -0.123. The van der Waals surface area contributed by atoms with Crippen LogP contribution in [-0.4, -0.2) is 17.7 Å². The summed E-state index contributed by atoms with van der Waals surface area (Å²) in [5, 5.41) is 8.50. The number of nitrogens with one attached hydrogen (secondary N) is 3. The van der Waals surface area contributed by atoms with Gasteiger partial charge in [0.2, 0.25) is 17.7 Å². The van der Waals surface area contributed by atoms with Crippen LogP contribution in [0.5, 0.6) is 0 Å². The molecule has 0 atom stereocenters. The van der Waals surface area contributed by atoms with E-state index < -0.39 is 11.8 Å². The summed E-state index contributed by atoms with van der Waals surface area (Å²) in [7, 11) is 0. The monoisotopic (exact) mass is 359 g/mol. The first kappa shape index (κ1) is 18.5. The lowest BCUT2D eigenvalue weighted by Crippen LogP contribution is -2.21. The summed E-state index contributed by atoms with van der Waals surface area (Å²) in [5.74, 6) is -1.09. The molecule has 7 heteroatoms. The second-order valence-corrected chi connectivity index (χ2v) is 5.93. The van der Waals surface area contributed by atoms with Crippen molar-refractivity contribution >= 4 is 46.4 Å². The largest absolute Gasteiger partial charge is 0.326 e. The Bertz CT molecular complexity index is 821. The fourth-order valence-corrected chi connectivity index (χ4v) is 2.42. The molecule has 0 saturated heterocycles. The number of anilines is 3. The molecule has 0 bridgehead atoms. The van der Waals surface area contributed by atoms with Gasteiger partial charge in [-0.3, -0.25) is 14.4 Å². The van der Waals surface area contributed by atoms with Gasteiger partial charge in [0.1, 0.15) is 6.42 Å². The van der Waals surface area contributed by atoms with Crippen molar-refractivity contribution in [2.45, 2.75) is 20.3 Å². The Morgan fingerprint density at radius 3 is 2.20 bits per heavy atom. The van der Waals surface area contributed by atoms with Crippen LogP contribution in [0.15, 0.2) is 42.5 Å². The minimum absolute atomic E-state index is 0.207. The molecule has 0 heterocycles. The average Bonchev–Trinajstić information content (AvgIpc) is 2.49. The number of aryl methyl sites for hydroxylation is 1. The van der Waals surface area contributed by atoms with Gasteiger partial charge in [-0.15, -0.1) is 0 Å². The summed E-state index contributed by atoms with van der Waals surface area (Å²) in [4.78, 5) is 35.1. The smallest absolute Gasteiger partial charge is 0.233 e. The van der Waals surface area contributed by atoms with Crippen molar-refractivity contribution in [1.82, 2.24) is 0 Å². The third-order valence-corrected chi connectivity index (χ3v) is 3.49. The van der Waals surface area contributed by atoms with Crippen LogP contribution in [0.25, 0.3) is 0 Å². The van der Waals surface area contributed by atoms with E-state index in [-0.39, 0.29) is 12.3 Å². The van der Waals surface area contributed by atoms with E-state index in [1.54, 1.807) is 42.5 Å². The molecule has 0 aromatic heterocycles. The molecule has 0 aliphatic heterocycles. The van der Waals surface area contributed by atoms with Gasteiger partial charge in [-0.05, 0) is 48.9 Å². The fourth-order valence-electron chi connectivity index (χ4n) is 2.19. The van der Waals surface area contributed by atoms with Gasteiger partial charge in [0.25, 0.3) is 0 Å². The number of carbonyl (C=O) groups is 3. The van der Waals surface area contributed by atoms with Crippen molar-refractivity contribution in [2.24, 2.45) is 0 Å². The molecule has 0 radical (unpaired) electrons. The van der Waals surface area contributed by atoms with E-state index >= 15 is 0 Å². The van der Waals surface area contributed by atoms with Crippen LogP contribution in [-0.2, 0) is 14.4 Å². The van der Waals surface area contributed by atoms with E-state index in [1.165, 1.54) is 6.92 Å². The highest BCUT2D eigenvalue weighted by atomic mass is 35.5. The third-order valence-electron chi connectivity index (χ3n) is 3.25. The van der Waals surface area contributed by atoms with Crippen molar-refractivity contribution in [2.75, 3.05) is 16.0 Å². The fraction of sp³-hybridized carbons (Fsp3) is 0.167. The molecule has 0 aliphatic rings. The lowest BCUT2D eigenvalue weighted by Gasteiger charge is -2.10. The van der Waals surface area contributed by atoms with Gasteiger partial charge in [-0.25, -0.2) is 0 Å². The normalized spacial score (nSPS) is 10.0. The zero-order valence-electron chi connectivity index (χ0n) is 13.9. The summed E-state index contributed by atoms with van der Waals surface area (Å²) in [6.45, 7) is 3.21. The molecule has 0 saturated carbocycles. The molecule has 0 aliphatic carbocycles. The predicted octanol–water partition coefficient (Wildman–Crippen LogP) is 3.57. The van der Waals surface area contributed by atoms with Crippen LogP contribution < -0.4 is 16.0 Å². The van der Waals surface area contributed by atoms with E-state index in [2.05, 4.69) is 16.0 Å². The highest BCUT2D eigenvalue weighted by Gasteiger charge is 2.11. The van der Waals surface area contributed by atoms with Gasteiger partial charge in [0.15, 0.2) is 0 Å². The maximum atomic E-state index is 12.0. The lowest BCUT2D eigenvalue weighted by atomic mass is 10.2. The summed E-state index contributed by atoms with van der Waals surface area (Å²) in [6.07, 6.45) is -0.327. The van der Waals surface area contributed by atoms with E-state index in [0.29, 0.717) is 22.1 Å². The first-order chi connectivity index (χ1) is 11.8. The molecular formula is C18H18ClN3O3.